The highest BCUT2D eigenvalue weighted by molar-refractivity contribution is 5.78. The fraction of sp³-hybridized carbons (Fsp3) is 0.889. The molecule has 2 saturated heterocycles. The first-order chi connectivity index (χ1) is 6.01. The number of carboxylic acid groups (broad SMARTS) is 1. The second-order valence-electron chi connectivity index (χ2n) is 4.43. The summed E-state index contributed by atoms with van der Waals surface area (Å²) in [5, 5.41) is 12.4. The Morgan fingerprint density at radius 2 is 2.31 bits per heavy atom. The lowest BCUT2D eigenvalue weighted by Gasteiger charge is -2.34. The van der Waals surface area contributed by atoms with Crippen molar-refractivity contribution in [2.24, 2.45) is 11.3 Å². The van der Waals surface area contributed by atoms with Crippen LogP contribution >= 0.6 is 0 Å². The zero-order chi connectivity index (χ0) is 9.69. The molecule has 74 valence electrons. The molecule has 2 heterocycles. The van der Waals surface area contributed by atoms with Gasteiger partial charge in [0, 0.05) is 19.0 Å². The Kier molecular flexibility index (Phi) is 1.69. The van der Waals surface area contributed by atoms with Crippen LogP contribution in [-0.2, 0) is 9.53 Å². The Labute approximate surface area is 77.3 Å². The van der Waals surface area contributed by atoms with Crippen LogP contribution in [0.4, 0.5) is 0 Å². The highest BCUT2D eigenvalue weighted by atomic mass is 16.5. The average Bonchev–Trinajstić information content (AvgIpc) is 2.52. The fourth-order valence-corrected chi connectivity index (χ4v) is 2.61. The van der Waals surface area contributed by atoms with E-state index >= 15 is 0 Å². The van der Waals surface area contributed by atoms with E-state index in [1.807, 2.05) is 13.8 Å². The zero-order valence-corrected chi connectivity index (χ0v) is 7.96. The van der Waals surface area contributed by atoms with Gasteiger partial charge in [-0.15, -0.1) is 0 Å². The molecular weight excluding hydrogens is 170 g/mol. The second-order valence-corrected chi connectivity index (χ2v) is 4.43. The molecule has 4 heteroatoms. The number of nitrogens with one attached hydrogen (secondary N) is 1. The lowest BCUT2D eigenvalue weighted by molar-refractivity contribution is -0.158. The van der Waals surface area contributed by atoms with Crippen molar-refractivity contribution in [2.75, 3.05) is 19.7 Å². The molecule has 4 nitrogen and oxygen atoms in total. The van der Waals surface area contributed by atoms with Crippen LogP contribution < -0.4 is 5.32 Å². The summed E-state index contributed by atoms with van der Waals surface area (Å²) in [6.45, 7) is 5.59. The van der Waals surface area contributed by atoms with Crippen molar-refractivity contribution in [3.63, 3.8) is 0 Å². The van der Waals surface area contributed by atoms with Crippen molar-refractivity contribution < 1.29 is 14.6 Å². The number of aliphatic carboxylic acids is 1. The van der Waals surface area contributed by atoms with Gasteiger partial charge in [-0.1, -0.05) is 0 Å². The monoisotopic (exact) mass is 185 g/mol. The number of fused-ring (bicyclic) bond motifs is 1. The predicted octanol–water partition coefficient (Wildman–Crippen LogP) is 0.0856. The molecule has 2 atom stereocenters. The number of carboxylic acids is 1. The summed E-state index contributed by atoms with van der Waals surface area (Å²) in [4.78, 5) is 11.3. The summed E-state index contributed by atoms with van der Waals surface area (Å²) in [5.41, 5.74) is -1.26. The van der Waals surface area contributed by atoms with E-state index in [1.165, 1.54) is 0 Å². The number of hydrogen-bond acceptors (Lipinski definition) is 3. The van der Waals surface area contributed by atoms with Crippen molar-refractivity contribution >= 4 is 5.97 Å². The standard InChI is InChI=1S/C9H15NO3/c1-8(2)9(7(11)12)5-10-3-6(9)4-13-8/h6,10H,3-5H2,1-2H3,(H,11,12)/t6-,9-/m0/s1. The van der Waals surface area contributed by atoms with Crippen LogP contribution in [0.1, 0.15) is 13.8 Å². The van der Waals surface area contributed by atoms with Crippen LogP contribution in [0.15, 0.2) is 0 Å². The molecule has 2 rings (SSSR count). The molecule has 2 aliphatic rings. The minimum absolute atomic E-state index is 0.125. The van der Waals surface area contributed by atoms with Gasteiger partial charge in [0.15, 0.2) is 0 Å². The van der Waals surface area contributed by atoms with Crippen LogP contribution in [0.3, 0.4) is 0 Å². The summed E-state index contributed by atoms with van der Waals surface area (Å²) in [6.07, 6.45) is 0. The Bertz CT molecular complexity index is 251. The first-order valence-electron chi connectivity index (χ1n) is 4.59. The van der Waals surface area contributed by atoms with Gasteiger partial charge in [0.2, 0.25) is 0 Å². The van der Waals surface area contributed by atoms with Gasteiger partial charge in [0.05, 0.1) is 12.2 Å². The molecular formula is C9H15NO3. The van der Waals surface area contributed by atoms with E-state index in [0.717, 1.165) is 6.54 Å². The molecule has 0 aromatic carbocycles. The van der Waals surface area contributed by atoms with Crippen LogP contribution in [0.2, 0.25) is 0 Å². The van der Waals surface area contributed by atoms with Crippen LogP contribution in [0.25, 0.3) is 0 Å². The number of rotatable bonds is 1. The number of hydrogen-bond donors (Lipinski definition) is 2. The van der Waals surface area contributed by atoms with Gasteiger partial charge in [-0.2, -0.15) is 0 Å². The molecule has 0 unspecified atom stereocenters. The van der Waals surface area contributed by atoms with Crippen LogP contribution in [-0.4, -0.2) is 36.4 Å². The Morgan fingerprint density at radius 3 is 2.85 bits per heavy atom. The van der Waals surface area contributed by atoms with Gasteiger partial charge in [0.25, 0.3) is 0 Å². The normalized spacial score (nSPS) is 41.8. The molecule has 0 amide bonds. The number of ether oxygens (including phenoxy) is 1. The summed E-state index contributed by atoms with van der Waals surface area (Å²) in [5.74, 6) is -0.606. The first-order valence-corrected chi connectivity index (χ1v) is 4.59. The van der Waals surface area contributed by atoms with E-state index in [1.54, 1.807) is 0 Å². The van der Waals surface area contributed by atoms with Gasteiger partial charge in [-0.05, 0) is 13.8 Å². The van der Waals surface area contributed by atoms with Crippen molar-refractivity contribution in [2.45, 2.75) is 19.4 Å². The Hall–Kier alpha value is -0.610. The fourth-order valence-electron chi connectivity index (χ4n) is 2.61. The second kappa shape index (κ2) is 2.45. The molecule has 2 N–H and O–H groups in total. The van der Waals surface area contributed by atoms with Gasteiger partial charge < -0.3 is 15.2 Å². The summed E-state index contributed by atoms with van der Waals surface area (Å²) in [7, 11) is 0. The van der Waals surface area contributed by atoms with Crippen molar-refractivity contribution in [1.29, 1.82) is 0 Å². The lowest BCUT2D eigenvalue weighted by Crippen LogP contribution is -2.50. The van der Waals surface area contributed by atoms with E-state index in [-0.39, 0.29) is 5.92 Å². The molecule has 0 aromatic heterocycles. The topological polar surface area (TPSA) is 58.6 Å². The third-order valence-corrected chi connectivity index (χ3v) is 3.59. The third kappa shape index (κ3) is 0.901. The highest BCUT2D eigenvalue weighted by Gasteiger charge is 2.63. The summed E-state index contributed by atoms with van der Waals surface area (Å²) < 4.78 is 5.55. The molecule has 0 saturated carbocycles. The average molecular weight is 185 g/mol. The number of carbonyl (C=O) groups is 1. The van der Waals surface area contributed by atoms with Gasteiger partial charge in [0.1, 0.15) is 5.41 Å². The molecule has 0 spiro atoms. The van der Waals surface area contributed by atoms with E-state index < -0.39 is 17.0 Å². The van der Waals surface area contributed by atoms with E-state index in [4.69, 9.17) is 4.74 Å². The SMILES string of the molecule is CC1(C)OC[C@@H]2CNC[C@@]21C(=O)O. The molecule has 0 bridgehead atoms. The molecule has 0 radical (unpaired) electrons. The van der Waals surface area contributed by atoms with Gasteiger partial charge >= 0.3 is 5.97 Å². The molecule has 0 aliphatic carbocycles. The quantitative estimate of drug-likeness (QED) is 0.607. The van der Waals surface area contributed by atoms with Crippen LogP contribution in [0, 0.1) is 11.3 Å². The smallest absolute Gasteiger partial charge is 0.314 e. The highest BCUT2D eigenvalue weighted by Crippen LogP contribution is 2.49. The maximum absolute atomic E-state index is 11.3. The summed E-state index contributed by atoms with van der Waals surface area (Å²) in [6, 6.07) is 0. The zero-order valence-electron chi connectivity index (χ0n) is 7.96. The van der Waals surface area contributed by atoms with Crippen molar-refractivity contribution in [3.8, 4) is 0 Å². The predicted molar refractivity (Wildman–Crippen MR) is 46.5 cm³/mol. The van der Waals surface area contributed by atoms with Crippen LogP contribution in [0.5, 0.6) is 0 Å². The van der Waals surface area contributed by atoms with E-state index in [2.05, 4.69) is 5.32 Å². The van der Waals surface area contributed by atoms with Crippen molar-refractivity contribution in [1.82, 2.24) is 5.32 Å². The summed E-state index contributed by atoms with van der Waals surface area (Å²) >= 11 is 0. The van der Waals surface area contributed by atoms with Gasteiger partial charge in [-0.3, -0.25) is 4.79 Å². The maximum atomic E-state index is 11.3. The molecule has 2 aliphatic heterocycles. The Morgan fingerprint density at radius 1 is 1.62 bits per heavy atom. The largest absolute Gasteiger partial charge is 0.481 e. The molecule has 0 aromatic rings. The molecule has 2 fully saturated rings. The maximum Gasteiger partial charge on any atom is 0.314 e. The minimum Gasteiger partial charge on any atom is -0.481 e. The lowest BCUT2D eigenvalue weighted by atomic mass is 9.69. The van der Waals surface area contributed by atoms with E-state index in [9.17, 15) is 9.90 Å². The molecule has 13 heavy (non-hydrogen) atoms. The Balaban J connectivity index is 2.43. The first kappa shape index (κ1) is 8.97. The van der Waals surface area contributed by atoms with E-state index in [0.29, 0.717) is 13.2 Å². The third-order valence-electron chi connectivity index (χ3n) is 3.59. The minimum atomic E-state index is -0.731. The van der Waals surface area contributed by atoms with Crippen molar-refractivity contribution in [3.05, 3.63) is 0 Å². The van der Waals surface area contributed by atoms with Gasteiger partial charge in [-0.25, -0.2) is 0 Å².